The number of anilines is 1. The van der Waals surface area contributed by atoms with E-state index in [4.69, 9.17) is 32.7 Å². The minimum Gasteiger partial charge on any atom is -0.395 e. The number of benzene rings is 2. The molecule has 0 spiro atoms. The van der Waals surface area contributed by atoms with E-state index in [1.165, 1.54) is 24.3 Å². The number of halogens is 2. The minimum absolute atomic E-state index is 0.0975. The zero-order chi connectivity index (χ0) is 18.9. The number of hydrogen-bond donors (Lipinski definition) is 0. The van der Waals surface area contributed by atoms with E-state index in [1.807, 2.05) is 4.90 Å². The Morgan fingerprint density at radius 1 is 0.923 bits per heavy atom. The lowest BCUT2D eigenvalue weighted by atomic mass is 10.2. The first-order valence-electron chi connectivity index (χ1n) is 7.64. The molecule has 0 N–H and O–H groups in total. The molecule has 0 amide bonds. The van der Waals surface area contributed by atoms with E-state index in [0.717, 1.165) is 5.69 Å². The smallest absolute Gasteiger partial charge is 0.395 e. The molecule has 0 aliphatic heterocycles. The predicted molar refractivity (Wildman–Crippen MR) is 99.8 cm³/mol. The van der Waals surface area contributed by atoms with Crippen molar-refractivity contribution in [1.29, 1.82) is 0 Å². The summed E-state index contributed by atoms with van der Waals surface area (Å²) >= 11 is 11.6. The second-order valence-corrected chi connectivity index (χ2v) is 5.82. The van der Waals surface area contributed by atoms with Gasteiger partial charge in [-0.05, 0) is 36.4 Å². The zero-order valence-electron chi connectivity index (χ0n) is 13.6. The minimum atomic E-state index is -0.940. The third-order valence-corrected chi connectivity index (χ3v) is 3.70. The Labute approximate surface area is 160 Å². The van der Waals surface area contributed by atoms with Crippen LogP contribution in [-0.2, 0) is 0 Å². The zero-order valence-corrected chi connectivity index (χ0v) is 15.2. The van der Waals surface area contributed by atoms with Crippen molar-refractivity contribution < 1.29 is 19.2 Å². The van der Waals surface area contributed by atoms with Gasteiger partial charge >= 0.3 is 6.16 Å². The van der Waals surface area contributed by atoms with Crippen molar-refractivity contribution in [3.63, 3.8) is 0 Å². The summed E-state index contributed by atoms with van der Waals surface area (Å²) < 4.78 is 10.1. The van der Waals surface area contributed by atoms with Crippen LogP contribution in [0.15, 0.2) is 48.5 Å². The molecule has 7 nitrogen and oxygen atoms in total. The fraction of sp³-hybridized carbons (Fsp3) is 0.235. The molecule has 26 heavy (non-hydrogen) atoms. The lowest BCUT2D eigenvalue weighted by molar-refractivity contribution is -0.384. The molecule has 2 aromatic carbocycles. The van der Waals surface area contributed by atoms with Crippen molar-refractivity contribution in [1.82, 2.24) is 0 Å². The first kappa shape index (κ1) is 19.8. The van der Waals surface area contributed by atoms with Crippen LogP contribution in [0.2, 0.25) is 0 Å². The van der Waals surface area contributed by atoms with Crippen LogP contribution in [0.25, 0.3) is 0 Å². The van der Waals surface area contributed by atoms with Crippen molar-refractivity contribution in [3.8, 4) is 11.5 Å². The molecule has 0 aliphatic carbocycles. The van der Waals surface area contributed by atoms with Gasteiger partial charge in [-0.1, -0.05) is 0 Å². The van der Waals surface area contributed by atoms with E-state index < -0.39 is 11.1 Å². The van der Waals surface area contributed by atoms with Gasteiger partial charge in [0.25, 0.3) is 5.69 Å². The van der Waals surface area contributed by atoms with Crippen LogP contribution in [0.4, 0.5) is 16.2 Å². The summed E-state index contributed by atoms with van der Waals surface area (Å²) in [5.41, 5.74) is 0.808. The van der Waals surface area contributed by atoms with Gasteiger partial charge in [-0.15, -0.1) is 23.2 Å². The number of nitrogens with zero attached hydrogens (tertiary/aromatic N) is 2. The van der Waals surface area contributed by atoms with Gasteiger partial charge in [0.1, 0.15) is 11.5 Å². The normalized spacial score (nSPS) is 10.2. The molecule has 9 heteroatoms. The molecule has 2 rings (SSSR count). The molecular formula is C17H16Cl2N2O5. The Kier molecular flexibility index (Phi) is 7.50. The van der Waals surface area contributed by atoms with Crippen LogP contribution in [-0.4, -0.2) is 35.9 Å². The number of rotatable bonds is 8. The van der Waals surface area contributed by atoms with Crippen LogP contribution >= 0.6 is 23.2 Å². The lowest BCUT2D eigenvalue weighted by Crippen LogP contribution is -2.27. The Bertz CT molecular complexity index is 732. The van der Waals surface area contributed by atoms with E-state index in [2.05, 4.69) is 0 Å². The van der Waals surface area contributed by atoms with E-state index in [-0.39, 0.29) is 11.4 Å². The molecule has 0 heterocycles. The van der Waals surface area contributed by atoms with Gasteiger partial charge in [0.05, 0.1) is 4.92 Å². The molecular weight excluding hydrogens is 383 g/mol. The summed E-state index contributed by atoms with van der Waals surface area (Å²) in [5, 5.41) is 10.6. The highest BCUT2D eigenvalue weighted by atomic mass is 35.5. The molecule has 0 radical (unpaired) electrons. The summed E-state index contributed by atoms with van der Waals surface area (Å²) in [6.45, 7) is 1.30. The Balaban J connectivity index is 1.95. The van der Waals surface area contributed by atoms with E-state index in [0.29, 0.717) is 30.6 Å². The second kappa shape index (κ2) is 9.84. The average molecular weight is 399 g/mol. The Morgan fingerprint density at radius 2 is 1.38 bits per heavy atom. The highest BCUT2D eigenvalue weighted by molar-refractivity contribution is 6.18. The van der Waals surface area contributed by atoms with Crippen LogP contribution in [0.3, 0.4) is 0 Å². The van der Waals surface area contributed by atoms with Crippen LogP contribution < -0.4 is 14.4 Å². The predicted octanol–water partition coefficient (Wildman–Crippen LogP) is 4.46. The maximum Gasteiger partial charge on any atom is 0.519 e. The van der Waals surface area contributed by atoms with Crippen LogP contribution in [0.5, 0.6) is 11.5 Å². The van der Waals surface area contributed by atoms with Crippen LogP contribution in [0, 0.1) is 10.1 Å². The van der Waals surface area contributed by atoms with Gasteiger partial charge < -0.3 is 14.4 Å². The monoisotopic (exact) mass is 398 g/mol. The lowest BCUT2D eigenvalue weighted by Gasteiger charge is -2.22. The third-order valence-electron chi connectivity index (χ3n) is 3.36. The van der Waals surface area contributed by atoms with Gasteiger partial charge in [-0.2, -0.15) is 0 Å². The standard InChI is InChI=1S/C17H16Cl2N2O5/c18-9-11-20(12-10-19)13-1-5-15(6-2-13)25-17(22)26-16-7-3-14(4-8-16)21(23)24/h1-8H,9-12H2. The van der Waals surface area contributed by atoms with Crippen molar-refractivity contribution >= 4 is 40.7 Å². The first-order valence-corrected chi connectivity index (χ1v) is 8.71. The molecule has 0 unspecified atom stereocenters. The van der Waals surface area contributed by atoms with Gasteiger partial charge in [0.15, 0.2) is 0 Å². The number of nitro benzene ring substituents is 1. The molecule has 0 aliphatic rings. The van der Waals surface area contributed by atoms with Crippen molar-refractivity contribution in [2.45, 2.75) is 0 Å². The van der Waals surface area contributed by atoms with Gasteiger partial charge in [-0.3, -0.25) is 10.1 Å². The third kappa shape index (κ3) is 5.79. The first-order chi connectivity index (χ1) is 12.5. The summed E-state index contributed by atoms with van der Waals surface area (Å²) in [6, 6.07) is 11.9. The SMILES string of the molecule is O=C(Oc1ccc(N(CCCl)CCCl)cc1)Oc1ccc([N+](=O)[O-])cc1. The van der Waals surface area contributed by atoms with Crippen LogP contribution in [0.1, 0.15) is 0 Å². The Morgan fingerprint density at radius 3 is 1.81 bits per heavy atom. The topological polar surface area (TPSA) is 81.9 Å². The number of alkyl halides is 2. The summed E-state index contributed by atoms with van der Waals surface area (Å²) in [7, 11) is 0. The average Bonchev–Trinajstić information content (AvgIpc) is 2.62. The molecule has 0 fully saturated rings. The van der Waals surface area contributed by atoms with E-state index in [9.17, 15) is 14.9 Å². The largest absolute Gasteiger partial charge is 0.519 e. The molecule has 138 valence electrons. The summed E-state index contributed by atoms with van der Waals surface area (Å²) in [5.74, 6) is 1.39. The maximum absolute atomic E-state index is 11.8. The summed E-state index contributed by atoms with van der Waals surface area (Å²) in [6.07, 6.45) is -0.940. The number of ether oxygens (including phenoxy) is 2. The summed E-state index contributed by atoms with van der Waals surface area (Å²) in [4.78, 5) is 23.9. The number of nitro groups is 1. The van der Waals surface area contributed by atoms with Crippen molar-refractivity contribution in [2.24, 2.45) is 0 Å². The molecule has 0 bridgehead atoms. The van der Waals surface area contributed by atoms with Crippen molar-refractivity contribution in [3.05, 3.63) is 58.6 Å². The fourth-order valence-corrected chi connectivity index (χ4v) is 2.56. The van der Waals surface area contributed by atoms with E-state index >= 15 is 0 Å². The molecule has 0 aromatic heterocycles. The highest BCUT2D eigenvalue weighted by Gasteiger charge is 2.11. The number of non-ortho nitro benzene ring substituents is 1. The Hall–Kier alpha value is -2.51. The van der Waals surface area contributed by atoms with E-state index in [1.54, 1.807) is 24.3 Å². The number of carbonyl (C=O) groups is 1. The van der Waals surface area contributed by atoms with Gasteiger partial charge in [-0.25, -0.2) is 4.79 Å². The molecule has 0 saturated carbocycles. The second-order valence-electron chi connectivity index (χ2n) is 5.06. The van der Waals surface area contributed by atoms with Gasteiger partial charge in [0.2, 0.25) is 0 Å². The maximum atomic E-state index is 11.8. The fourth-order valence-electron chi connectivity index (χ4n) is 2.15. The molecule has 0 atom stereocenters. The number of carbonyl (C=O) groups excluding carboxylic acids is 1. The number of hydrogen-bond acceptors (Lipinski definition) is 6. The highest BCUT2D eigenvalue weighted by Crippen LogP contribution is 2.21. The quantitative estimate of drug-likeness (QED) is 0.214. The molecule has 2 aromatic rings. The van der Waals surface area contributed by atoms with Gasteiger partial charge in [0, 0.05) is 42.7 Å². The van der Waals surface area contributed by atoms with Crippen molar-refractivity contribution in [2.75, 3.05) is 29.7 Å². The molecule has 0 saturated heterocycles.